The lowest BCUT2D eigenvalue weighted by Gasteiger charge is -2.31. The second-order valence-electron chi connectivity index (χ2n) is 11.0. The predicted molar refractivity (Wildman–Crippen MR) is 148 cm³/mol. The highest BCUT2D eigenvalue weighted by Gasteiger charge is 2.59. The Hall–Kier alpha value is -3.24. The van der Waals surface area contributed by atoms with E-state index in [2.05, 4.69) is 29.9 Å². The molecule has 22 nitrogen and oxygen atoms in total. The molecule has 10 unspecified atom stereocenters. The van der Waals surface area contributed by atoms with Crippen LogP contribution < -0.4 is 11.3 Å². The topological polar surface area (TPSA) is 304 Å². The van der Waals surface area contributed by atoms with Gasteiger partial charge in [0, 0.05) is 0 Å². The number of hydrogen-bond acceptors (Lipinski definition) is 17. The first kappa shape index (κ1) is 31.4. The number of nitrogens with one attached hydrogen (secondary N) is 1. The number of phosphoric ester groups is 2. The van der Waals surface area contributed by atoms with E-state index >= 15 is 0 Å². The Balaban J connectivity index is 1.23. The Labute approximate surface area is 256 Å². The van der Waals surface area contributed by atoms with Crippen LogP contribution in [-0.2, 0) is 36.7 Å². The summed E-state index contributed by atoms with van der Waals surface area (Å²) >= 11 is 0. The van der Waals surface area contributed by atoms with E-state index in [4.69, 9.17) is 33.3 Å². The van der Waals surface area contributed by atoms with Gasteiger partial charge in [0.1, 0.15) is 53.8 Å². The van der Waals surface area contributed by atoms with Gasteiger partial charge in [0.2, 0.25) is 0 Å². The summed E-state index contributed by atoms with van der Waals surface area (Å²) in [6.45, 7) is 1.10. The van der Waals surface area contributed by atoms with Gasteiger partial charge >= 0.3 is 15.6 Å². The number of fused-ring (bicyclic) bond motifs is 5. The lowest BCUT2D eigenvalue weighted by atomic mass is 9.96. The molecular weight excluding hydrogens is 660 g/mol. The molecule has 0 aromatic carbocycles. The number of aryl methyl sites for hydroxylation is 1. The third-order valence-electron chi connectivity index (χ3n) is 7.80. The van der Waals surface area contributed by atoms with Crippen LogP contribution in [0, 0.1) is 6.92 Å². The van der Waals surface area contributed by atoms with Gasteiger partial charge in [0.25, 0.3) is 5.56 Å². The Bertz CT molecular complexity index is 1980. The molecule has 3 aliphatic heterocycles. The first-order valence-electron chi connectivity index (χ1n) is 13.5. The molecule has 7 N–H and O–H groups in total. The predicted octanol–water partition coefficient (Wildman–Crippen LogP) is -1.23. The molecule has 0 saturated carbocycles. The third-order valence-corrected chi connectivity index (χ3v) is 9.75. The maximum absolute atomic E-state index is 13.3. The Morgan fingerprint density at radius 3 is 2.41 bits per heavy atom. The molecule has 46 heavy (non-hydrogen) atoms. The van der Waals surface area contributed by atoms with Gasteiger partial charge in [-0.1, -0.05) is 0 Å². The molecule has 3 aliphatic rings. The Morgan fingerprint density at radius 1 is 0.978 bits per heavy atom. The van der Waals surface area contributed by atoms with Crippen molar-refractivity contribution in [2.45, 2.75) is 62.4 Å². The summed E-state index contributed by atoms with van der Waals surface area (Å²) in [5.41, 5.74) is 3.36. The zero-order valence-electron chi connectivity index (χ0n) is 23.8. The molecule has 4 aromatic rings. The number of H-pyrrole nitrogens is 1. The normalized spacial score (nSPS) is 38.8. The zero-order chi connectivity index (χ0) is 32.8. The van der Waals surface area contributed by atoms with E-state index in [1.165, 1.54) is 29.3 Å². The van der Waals surface area contributed by atoms with Gasteiger partial charge in [-0.2, -0.15) is 0 Å². The molecule has 10 atom stereocenters. The molecule has 3 fully saturated rings. The van der Waals surface area contributed by atoms with Crippen LogP contribution in [0.3, 0.4) is 0 Å². The van der Waals surface area contributed by atoms with E-state index in [9.17, 15) is 33.9 Å². The van der Waals surface area contributed by atoms with Gasteiger partial charge in [-0.15, -0.1) is 0 Å². The molecule has 24 heteroatoms. The fraction of sp³-hybridized carbons (Fsp3) is 0.545. The highest BCUT2D eigenvalue weighted by molar-refractivity contribution is 7.47. The number of ether oxygens (including phenoxy) is 2. The van der Waals surface area contributed by atoms with E-state index < -0.39 is 83.0 Å². The van der Waals surface area contributed by atoms with Gasteiger partial charge in [-0.05, 0) is 13.8 Å². The lowest BCUT2D eigenvalue weighted by Crippen LogP contribution is -2.46. The van der Waals surface area contributed by atoms with Gasteiger partial charge in [0.05, 0.1) is 25.9 Å². The standard InChI is InChI=1S/C22H27N9O13P2/c1-8-28-18-12(19(33)29-8)27-6-30(18)20-14-13(32)9(41-20)3-39-46(37,38)44-15-10(4-40-45(35,36)43-14)42-21(22(15,2)34)31-7-26-11-16(23)24-5-25-17(11)31/h5-7,9-10,13-15,20-21,32,34H,3-4H2,1-2H3,(H,35,36)(H,37,38)(H2,23,24,25)(H,28,29,33). The number of rotatable bonds is 2. The van der Waals surface area contributed by atoms with Gasteiger partial charge in [0.15, 0.2) is 35.1 Å². The number of imidazole rings is 2. The minimum Gasteiger partial charge on any atom is -0.387 e. The number of nitrogens with two attached hydrogens (primary N) is 1. The Morgan fingerprint density at radius 2 is 1.65 bits per heavy atom. The number of nitrogens with zero attached hydrogens (tertiary/aromatic N) is 7. The number of aromatic nitrogens is 8. The summed E-state index contributed by atoms with van der Waals surface area (Å²) in [6.07, 6.45) is -7.40. The number of aromatic amines is 1. The van der Waals surface area contributed by atoms with Crippen LogP contribution >= 0.6 is 15.6 Å². The molecule has 2 bridgehead atoms. The highest BCUT2D eigenvalue weighted by atomic mass is 31.2. The van der Waals surface area contributed by atoms with Crippen molar-refractivity contribution in [3.8, 4) is 0 Å². The summed E-state index contributed by atoms with van der Waals surface area (Å²) in [6, 6.07) is 0. The van der Waals surface area contributed by atoms with Crippen LogP contribution in [0.5, 0.6) is 0 Å². The van der Waals surface area contributed by atoms with E-state index in [-0.39, 0.29) is 34.0 Å². The number of anilines is 1. The summed E-state index contributed by atoms with van der Waals surface area (Å²) in [5.74, 6) is 0.251. The number of nitrogen functional groups attached to an aromatic ring is 1. The summed E-state index contributed by atoms with van der Waals surface area (Å²) in [5, 5.41) is 22.7. The number of aliphatic hydroxyl groups excluding tert-OH is 1. The van der Waals surface area contributed by atoms with Crippen LogP contribution in [0.2, 0.25) is 0 Å². The lowest BCUT2D eigenvalue weighted by molar-refractivity contribution is -0.0958. The molecule has 248 valence electrons. The van der Waals surface area contributed by atoms with E-state index in [0.717, 1.165) is 12.7 Å². The van der Waals surface area contributed by atoms with Gasteiger partial charge in [-0.3, -0.25) is 32.0 Å². The second kappa shape index (κ2) is 10.9. The third kappa shape index (κ3) is 5.25. The molecule has 0 amide bonds. The smallest absolute Gasteiger partial charge is 0.387 e. The first-order chi connectivity index (χ1) is 21.6. The minimum atomic E-state index is -5.11. The van der Waals surface area contributed by atoms with Crippen molar-refractivity contribution in [3.63, 3.8) is 0 Å². The number of hydrogen-bond donors (Lipinski definition) is 6. The van der Waals surface area contributed by atoms with Crippen molar-refractivity contribution in [1.29, 1.82) is 0 Å². The Kier molecular flexibility index (Phi) is 7.44. The fourth-order valence-corrected chi connectivity index (χ4v) is 7.66. The zero-order valence-corrected chi connectivity index (χ0v) is 25.5. The van der Waals surface area contributed by atoms with E-state index in [1.807, 2.05) is 0 Å². The van der Waals surface area contributed by atoms with Crippen LogP contribution in [0.25, 0.3) is 22.3 Å². The van der Waals surface area contributed by atoms with Crippen molar-refractivity contribution in [1.82, 2.24) is 39.0 Å². The second-order valence-corrected chi connectivity index (χ2v) is 13.8. The quantitative estimate of drug-likeness (QED) is 0.134. The molecule has 0 radical (unpaired) electrons. The van der Waals surface area contributed by atoms with Gasteiger partial charge < -0.3 is 40.2 Å². The molecule has 7 heterocycles. The largest absolute Gasteiger partial charge is 0.472 e. The van der Waals surface area contributed by atoms with E-state index in [1.54, 1.807) is 0 Å². The van der Waals surface area contributed by atoms with Crippen molar-refractivity contribution in [2.24, 2.45) is 0 Å². The molecule has 4 aromatic heterocycles. The highest BCUT2D eigenvalue weighted by Crippen LogP contribution is 2.55. The van der Waals surface area contributed by atoms with Crippen molar-refractivity contribution < 1.29 is 56.7 Å². The van der Waals surface area contributed by atoms with Crippen LogP contribution in [0.1, 0.15) is 25.2 Å². The van der Waals surface area contributed by atoms with Gasteiger partial charge in [-0.25, -0.2) is 34.0 Å². The summed E-state index contributed by atoms with van der Waals surface area (Å²) in [7, 11) is -10.2. The van der Waals surface area contributed by atoms with Crippen LogP contribution in [0.15, 0.2) is 23.8 Å². The van der Waals surface area contributed by atoms with Crippen LogP contribution in [0.4, 0.5) is 5.82 Å². The molecule has 0 spiro atoms. The maximum Gasteiger partial charge on any atom is 0.472 e. The maximum atomic E-state index is 13.3. The summed E-state index contributed by atoms with van der Waals surface area (Å²) in [4.78, 5) is 56.7. The molecule has 7 rings (SSSR count). The monoisotopic (exact) mass is 687 g/mol. The van der Waals surface area contributed by atoms with Crippen molar-refractivity contribution in [2.75, 3.05) is 18.9 Å². The molecular formula is C22H27N9O13P2. The summed E-state index contributed by atoms with van der Waals surface area (Å²) < 4.78 is 61.9. The molecule has 3 saturated heterocycles. The fourth-order valence-electron chi connectivity index (χ4n) is 5.69. The van der Waals surface area contributed by atoms with Crippen LogP contribution in [-0.4, -0.2) is 108 Å². The molecule has 0 aliphatic carbocycles. The van der Waals surface area contributed by atoms with E-state index in [0.29, 0.717) is 0 Å². The van der Waals surface area contributed by atoms with Crippen molar-refractivity contribution >= 4 is 43.8 Å². The minimum absolute atomic E-state index is 0.00545. The van der Waals surface area contributed by atoms with Crippen molar-refractivity contribution in [3.05, 3.63) is 35.2 Å². The first-order valence-corrected chi connectivity index (χ1v) is 16.5. The SMILES string of the molecule is Cc1nc2c(ncn2C2OC3COP(=O)(O)OC4C(COP(=O)(O)OC2C3O)OC(n2cnc3c(N)ncnc32)C4(C)O)c(=O)[nH]1. The number of aliphatic hydroxyl groups is 2. The average Bonchev–Trinajstić information content (AvgIpc) is 3.71. The average molecular weight is 687 g/mol. The number of phosphoric acid groups is 2.